The Balaban J connectivity index is 1.31. The van der Waals surface area contributed by atoms with Gasteiger partial charge in [-0.25, -0.2) is 4.98 Å². The lowest BCUT2D eigenvalue weighted by atomic mass is 9.91. The zero-order chi connectivity index (χ0) is 27.1. The Hall–Kier alpha value is -3.49. The van der Waals surface area contributed by atoms with Crippen LogP contribution in [0.15, 0.2) is 53.1 Å². The number of piperazine rings is 1. The van der Waals surface area contributed by atoms with Gasteiger partial charge in [-0.3, -0.25) is 9.80 Å². The lowest BCUT2D eigenvalue weighted by Gasteiger charge is -2.42. The minimum atomic E-state index is 0.422. The number of aromatic nitrogens is 3. The summed E-state index contributed by atoms with van der Waals surface area (Å²) < 4.78 is 5.48. The van der Waals surface area contributed by atoms with Gasteiger partial charge in [-0.15, -0.1) is 0 Å². The summed E-state index contributed by atoms with van der Waals surface area (Å²) >= 11 is 0. The lowest BCUT2D eigenvalue weighted by Crippen LogP contribution is -2.53. The Kier molecular flexibility index (Phi) is 6.99. The fourth-order valence-electron chi connectivity index (χ4n) is 5.97. The highest BCUT2D eigenvalue weighted by Gasteiger charge is 2.31. The second-order valence-electron chi connectivity index (χ2n) is 11.4. The molecule has 39 heavy (non-hydrogen) atoms. The van der Waals surface area contributed by atoms with Crippen molar-refractivity contribution < 1.29 is 4.52 Å². The van der Waals surface area contributed by atoms with E-state index in [4.69, 9.17) is 14.5 Å². The molecule has 2 aliphatic heterocycles. The van der Waals surface area contributed by atoms with Gasteiger partial charge in [-0.2, -0.15) is 4.98 Å². The van der Waals surface area contributed by atoms with Gasteiger partial charge >= 0.3 is 0 Å². The maximum absolute atomic E-state index is 5.48. The molecule has 0 saturated carbocycles. The van der Waals surface area contributed by atoms with Crippen LogP contribution in [0.3, 0.4) is 0 Å². The molecular formula is C31H39N7O. The molecule has 2 aliphatic rings. The van der Waals surface area contributed by atoms with E-state index in [0.29, 0.717) is 12.1 Å². The molecule has 0 N–H and O–H groups in total. The van der Waals surface area contributed by atoms with E-state index in [9.17, 15) is 0 Å². The van der Waals surface area contributed by atoms with Crippen molar-refractivity contribution in [3.05, 3.63) is 65.5 Å². The summed E-state index contributed by atoms with van der Waals surface area (Å²) in [6.07, 6.45) is 1.52. The van der Waals surface area contributed by atoms with Gasteiger partial charge in [0.2, 0.25) is 5.95 Å². The van der Waals surface area contributed by atoms with Crippen molar-refractivity contribution >= 4 is 22.7 Å². The molecule has 0 bridgehead atoms. The van der Waals surface area contributed by atoms with Crippen LogP contribution in [0, 0.1) is 19.8 Å². The van der Waals surface area contributed by atoms with Crippen molar-refractivity contribution in [3.8, 4) is 11.1 Å². The summed E-state index contributed by atoms with van der Waals surface area (Å²) in [5.74, 6) is 3.34. The first-order valence-electron chi connectivity index (χ1n) is 14.1. The van der Waals surface area contributed by atoms with Crippen molar-refractivity contribution in [3.63, 3.8) is 0 Å². The van der Waals surface area contributed by atoms with E-state index in [0.717, 1.165) is 90.9 Å². The lowest BCUT2D eigenvalue weighted by molar-refractivity contribution is 0.0876. The fraction of sp³-hybridized carbons (Fsp3) is 0.452. The van der Waals surface area contributed by atoms with Crippen molar-refractivity contribution in [2.45, 2.75) is 33.4 Å². The van der Waals surface area contributed by atoms with Crippen LogP contribution in [0.2, 0.25) is 0 Å². The van der Waals surface area contributed by atoms with Crippen molar-refractivity contribution in [1.82, 2.24) is 24.9 Å². The molecule has 0 aliphatic carbocycles. The maximum Gasteiger partial charge on any atom is 0.227 e. The maximum atomic E-state index is 5.48. The van der Waals surface area contributed by atoms with E-state index in [1.165, 1.54) is 5.56 Å². The van der Waals surface area contributed by atoms with Gasteiger partial charge in [0.1, 0.15) is 11.6 Å². The molecule has 8 nitrogen and oxygen atoms in total. The molecule has 1 atom stereocenters. The third kappa shape index (κ3) is 5.11. The number of hydrogen-bond donors (Lipinski definition) is 0. The molecular weight excluding hydrogens is 486 g/mol. The zero-order valence-corrected chi connectivity index (χ0v) is 23.8. The topological polar surface area (TPSA) is 64.8 Å². The summed E-state index contributed by atoms with van der Waals surface area (Å²) in [6.45, 7) is 12.1. The van der Waals surface area contributed by atoms with Crippen molar-refractivity contribution in [2.24, 2.45) is 5.92 Å². The van der Waals surface area contributed by atoms with Crippen LogP contribution in [-0.4, -0.2) is 84.5 Å². The highest BCUT2D eigenvalue weighted by molar-refractivity contribution is 5.94. The average molecular weight is 526 g/mol. The minimum Gasteiger partial charge on any atom is -0.361 e. The van der Waals surface area contributed by atoms with E-state index in [1.807, 2.05) is 13.8 Å². The van der Waals surface area contributed by atoms with Crippen LogP contribution < -0.4 is 9.80 Å². The molecule has 2 fully saturated rings. The normalized spacial score (nSPS) is 17.7. The summed E-state index contributed by atoms with van der Waals surface area (Å²) in [7, 11) is 4.29. The van der Waals surface area contributed by atoms with E-state index in [1.54, 1.807) is 0 Å². The molecule has 1 unspecified atom stereocenters. The molecule has 2 aromatic carbocycles. The molecule has 4 aromatic rings. The molecule has 0 amide bonds. The van der Waals surface area contributed by atoms with Crippen molar-refractivity contribution in [1.29, 1.82) is 0 Å². The Morgan fingerprint density at radius 3 is 2.36 bits per heavy atom. The van der Waals surface area contributed by atoms with Gasteiger partial charge in [0.15, 0.2) is 0 Å². The van der Waals surface area contributed by atoms with E-state index in [2.05, 4.69) is 94.3 Å². The fourth-order valence-corrected chi connectivity index (χ4v) is 5.97. The Bertz CT molecular complexity index is 1420. The first-order chi connectivity index (χ1) is 18.9. The van der Waals surface area contributed by atoms with E-state index in [-0.39, 0.29) is 0 Å². The summed E-state index contributed by atoms with van der Waals surface area (Å²) in [5.41, 5.74) is 5.46. The van der Waals surface area contributed by atoms with E-state index < -0.39 is 0 Å². The Morgan fingerprint density at radius 1 is 0.949 bits per heavy atom. The smallest absolute Gasteiger partial charge is 0.227 e. The molecule has 204 valence electrons. The van der Waals surface area contributed by atoms with Crippen LogP contribution in [0.5, 0.6) is 0 Å². The third-order valence-corrected chi connectivity index (χ3v) is 8.48. The van der Waals surface area contributed by atoms with Gasteiger partial charge in [-0.1, -0.05) is 41.6 Å². The van der Waals surface area contributed by atoms with Gasteiger partial charge in [0, 0.05) is 50.2 Å². The highest BCUT2D eigenvalue weighted by atomic mass is 16.5. The van der Waals surface area contributed by atoms with E-state index >= 15 is 0 Å². The van der Waals surface area contributed by atoms with Gasteiger partial charge in [0.05, 0.1) is 17.4 Å². The van der Waals surface area contributed by atoms with Crippen LogP contribution in [-0.2, 0) is 6.42 Å². The average Bonchev–Trinajstić information content (AvgIpc) is 3.27. The molecule has 0 spiro atoms. The molecule has 6 rings (SSSR count). The Labute approximate surface area is 231 Å². The second-order valence-corrected chi connectivity index (χ2v) is 11.4. The van der Waals surface area contributed by atoms with Crippen LogP contribution in [0.25, 0.3) is 22.0 Å². The molecule has 8 heteroatoms. The highest BCUT2D eigenvalue weighted by Crippen LogP contribution is 2.36. The first-order valence-corrected chi connectivity index (χ1v) is 14.1. The number of fused-ring (bicyclic) bond motifs is 1. The standard InChI is InChI=1S/C31H39N7O/c1-21-29(22(2)39-34-21)26-11-12-28-27(18-26)30(38-19-25(20-38)17-24-9-7-6-8-10-24)33-31(32-28)37-15-13-36(14-16-37)23(3)35(4)5/h6-12,18,23,25H,13-17,19-20H2,1-5H3. The summed E-state index contributed by atoms with van der Waals surface area (Å²) in [5, 5.41) is 5.27. The second kappa shape index (κ2) is 10.6. The molecule has 0 radical (unpaired) electrons. The van der Waals surface area contributed by atoms with Gasteiger partial charge < -0.3 is 14.3 Å². The quantitative estimate of drug-likeness (QED) is 0.347. The predicted molar refractivity (Wildman–Crippen MR) is 157 cm³/mol. The molecule has 2 saturated heterocycles. The third-order valence-electron chi connectivity index (χ3n) is 8.48. The summed E-state index contributed by atoms with van der Waals surface area (Å²) in [6, 6.07) is 17.3. The minimum absolute atomic E-state index is 0.422. The SMILES string of the molecule is Cc1noc(C)c1-c1ccc2nc(N3CCN(C(C)N(C)C)CC3)nc(N3CC(Cc4ccccc4)C3)c2c1. The molecule has 4 heterocycles. The summed E-state index contributed by atoms with van der Waals surface area (Å²) in [4.78, 5) is 19.9. The largest absolute Gasteiger partial charge is 0.361 e. The van der Waals surface area contributed by atoms with Crippen LogP contribution in [0.1, 0.15) is 23.9 Å². The number of rotatable bonds is 7. The van der Waals surface area contributed by atoms with Crippen LogP contribution in [0.4, 0.5) is 11.8 Å². The van der Waals surface area contributed by atoms with Crippen LogP contribution >= 0.6 is 0 Å². The number of aryl methyl sites for hydroxylation is 2. The zero-order valence-electron chi connectivity index (χ0n) is 23.8. The number of nitrogens with zero attached hydrogens (tertiary/aromatic N) is 7. The van der Waals surface area contributed by atoms with Gasteiger partial charge in [-0.05, 0) is 70.5 Å². The van der Waals surface area contributed by atoms with Gasteiger partial charge in [0.25, 0.3) is 0 Å². The van der Waals surface area contributed by atoms with Crippen molar-refractivity contribution in [2.75, 3.05) is 63.2 Å². The number of hydrogen-bond acceptors (Lipinski definition) is 8. The Morgan fingerprint density at radius 2 is 1.69 bits per heavy atom. The number of anilines is 2. The first kappa shape index (κ1) is 25.8. The monoisotopic (exact) mass is 525 g/mol. The molecule has 2 aromatic heterocycles. The number of benzene rings is 2. The predicted octanol–water partition coefficient (Wildman–Crippen LogP) is 4.61.